The van der Waals surface area contributed by atoms with Gasteiger partial charge in [-0.25, -0.2) is 0 Å². The van der Waals surface area contributed by atoms with E-state index in [2.05, 4.69) is 5.32 Å². The largest absolute Gasteiger partial charge is 0.338 e. The number of nitrogens with one attached hydrogen (secondary N) is 1. The maximum Gasteiger partial charge on any atom is 0.255 e. The van der Waals surface area contributed by atoms with Gasteiger partial charge in [0.2, 0.25) is 5.91 Å². The van der Waals surface area contributed by atoms with Crippen molar-refractivity contribution in [3.8, 4) is 0 Å². The van der Waals surface area contributed by atoms with Crippen LogP contribution >= 0.6 is 24.0 Å². The summed E-state index contributed by atoms with van der Waals surface area (Å²) >= 11 is 6.23. The third-order valence-electron chi connectivity index (χ3n) is 5.19. The summed E-state index contributed by atoms with van der Waals surface area (Å²) in [7, 11) is 0. The Bertz CT molecular complexity index is 666. The molecule has 1 saturated carbocycles. The van der Waals surface area contributed by atoms with Crippen LogP contribution in [0.15, 0.2) is 18.2 Å². The molecule has 7 heteroatoms. The fourth-order valence-corrected chi connectivity index (χ4v) is 3.90. The van der Waals surface area contributed by atoms with Gasteiger partial charge in [0.1, 0.15) is 0 Å². The van der Waals surface area contributed by atoms with Gasteiger partial charge in [0.15, 0.2) is 0 Å². The van der Waals surface area contributed by atoms with Crippen molar-refractivity contribution in [2.24, 2.45) is 23.5 Å². The average molecular weight is 386 g/mol. The molecule has 0 spiro atoms. The first-order valence-corrected chi connectivity index (χ1v) is 8.90. The number of benzene rings is 1. The molecule has 2 aliphatic rings. The van der Waals surface area contributed by atoms with Crippen LogP contribution in [0.25, 0.3) is 0 Å². The molecule has 138 valence electrons. The molecule has 2 amide bonds. The number of carbonyl (C=O) groups is 2. The van der Waals surface area contributed by atoms with E-state index in [0.29, 0.717) is 34.7 Å². The minimum Gasteiger partial charge on any atom is -0.338 e. The lowest BCUT2D eigenvalue weighted by Crippen LogP contribution is -2.33. The van der Waals surface area contributed by atoms with Gasteiger partial charge in [-0.2, -0.15) is 0 Å². The molecule has 1 heterocycles. The summed E-state index contributed by atoms with van der Waals surface area (Å²) in [6, 6.07) is 5.24. The van der Waals surface area contributed by atoms with E-state index < -0.39 is 0 Å². The first-order chi connectivity index (χ1) is 11.4. The topological polar surface area (TPSA) is 75.4 Å². The van der Waals surface area contributed by atoms with Gasteiger partial charge < -0.3 is 16.0 Å². The summed E-state index contributed by atoms with van der Waals surface area (Å²) in [6.45, 7) is 5.09. The predicted molar refractivity (Wildman–Crippen MR) is 102 cm³/mol. The van der Waals surface area contributed by atoms with Crippen molar-refractivity contribution < 1.29 is 9.59 Å². The second-order valence-corrected chi connectivity index (χ2v) is 7.62. The highest BCUT2D eigenvalue weighted by atomic mass is 35.5. The molecule has 3 unspecified atom stereocenters. The summed E-state index contributed by atoms with van der Waals surface area (Å²) < 4.78 is 0. The Kier molecular flexibility index (Phi) is 6.35. The highest BCUT2D eigenvalue weighted by molar-refractivity contribution is 6.34. The molecule has 3 atom stereocenters. The molecule has 1 saturated heterocycles. The van der Waals surface area contributed by atoms with Gasteiger partial charge in [0.05, 0.1) is 10.6 Å². The van der Waals surface area contributed by atoms with Gasteiger partial charge >= 0.3 is 0 Å². The third kappa shape index (κ3) is 4.10. The van der Waals surface area contributed by atoms with Crippen LogP contribution in [0.5, 0.6) is 0 Å². The monoisotopic (exact) mass is 385 g/mol. The van der Waals surface area contributed by atoms with Crippen molar-refractivity contribution in [1.29, 1.82) is 0 Å². The molecule has 1 aromatic rings. The smallest absolute Gasteiger partial charge is 0.255 e. The van der Waals surface area contributed by atoms with Crippen molar-refractivity contribution >= 4 is 41.5 Å². The molecule has 1 aromatic carbocycles. The first-order valence-electron chi connectivity index (χ1n) is 8.52. The summed E-state index contributed by atoms with van der Waals surface area (Å²) in [4.78, 5) is 26.6. The summed E-state index contributed by atoms with van der Waals surface area (Å²) in [5.74, 6) is 0.613. The van der Waals surface area contributed by atoms with E-state index in [4.69, 9.17) is 17.3 Å². The number of likely N-dealkylation sites (tertiary alicyclic amines) is 1. The summed E-state index contributed by atoms with van der Waals surface area (Å²) in [5.41, 5.74) is 7.18. The predicted octanol–water partition coefficient (Wildman–Crippen LogP) is 3.17. The molecule has 3 N–H and O–H groups in total. The zero-order chi connectivity index (χ0) is 17.4. The number of amides is 2. The molecule has 2 fully saturated rings. The number of carbonyl (C=O) groups excluding carboxylic acids is 2. The minimum absolute atomic E-state index is 0. The summed E-state index contributed by atoms with van der Waals surface area (Å²) in [6.07, 6.45) is 2.14. The molecular weight excluding hydrogens is 361 g/mol. The molecule has 5 nitrogen and oxygen atoms in total. The van der Waals surface area contributed by atoms with Gasteiger partial charge in [-0.1, -0.05) is 25.4 Å². The molecule has 0 aromatic heterocycles. The second kappa shape index (κ2) is 7.94. The number of hydrogen-bond donors (Lipinski definition) is 2. The lowest BCUT2D eigenvalue weighted by molar-refractivity contribution is -0.118. The van der Waals surface area contributed by atoms with Crippen LogP contribution in [0.2, 0.25) is 5.02 Å². The first kappa shape index (κ1) is 20.0. The normalized spacial score (nSPS) is 24.8. The van der Waals surface area contributed by atoms with Crippen LogP contribution < -0.4 is 11.1 Å². The third-order valence-corrected chi connectivity index (χ3v) is 5.52. The van der Waals surface area contributed by atoms with E-state index in [0.717, 1.165) is 19.4 Å². The SMILES string of the molecule is CC(C)C(=O)Nc1ccc(Cl)c(C(=O)N2CC3CCC(N)C3C2)c1.Cl. The Balaban J connectivity index is 0.00000225. The fraction of sp³-hybridized carbons (Fsp3) is 0.556. The highest BCUT2D eigenvalue weighted by Crippen LogP contribution is 2.38. The van der Waals surface area contributed by atoms with Crippen LogP contribution in [0.1, 0.15) is 37.0 Å². The number of hydrogen-bond acceptors (Lipinski definition) is 3. The highest BCUT2D eigenvalue weighted by Gasteiger charge is 2.42. The van der Waals surface area contributed by atoms with Crippen molar-refractivity contribution in [2.45, 2.75) is 32.7 Å². The van der Waals surface area contributed by atoms with Crippen LogP contribution in [0, 0.1) is 17.8 Å². The van der Waals surface area contributed by atoms with Gasteiger partial charge in [0.25, 0.3) is 5.91 Å². The summed E-state index contributed by atoms with van der Waals surface area (Å²) in [5, 5.41) is 3.22. The van der Waals surface area contributed by atoms with Gasteiger partial charge in [-0.3, -0.25) is 9.59 Å². The van der Waals surface area contributed by atoms with Crippen molar-refractivity contribution in [3.05, 3.63) is 28.8 Å². The number of nitrogens with zero attached hydrogens (tertiary/aromatic N) is 1. The molecule has 0 bridgehead atoms. The number of fused-ring (bicyclic) bond motifs is 1. The van der Waals surface area contributed by atoms with E-state index in [9.17, 15) is 9.59 Å². The van der Waals surface area contributed by atoms with Crippen LogP contribution in [0.3, 0.4) is 0 Å². The molecule has 1 aliphatic carbocycles. The van der Waals surface area contributed by atoms with Gasteiger partial charge in [-0.05, 0) is 42.9 Å². The number of rotatable bonds is 3. The Morgan fingerprint density at radius 3 is 2.64 bits per heavy atom. The van der Waals surface area contributed by atoms with Crippen molar-refractivity contribution in [1.82, 2.24) is 4.90 Å². The van der Waals surface area contributed by atoms with Gasteiger partial charge in [0, 0.05) is 30.7 Å². The molecular formula is C18H25Cl2N3O2. The van der Waals surface area contributed by atoms with Crippen molar-refractivity contribution in [3.63, 3.8) is 0 Å². The van der Waals surface area contributed by atoms with Crippen LogP contribution in [0.4, 0.5) is 5.69 Å². The Hall–Kier alpha value is -1.30. The van der Waals surface area contributed by atoms with E-state index in [1.165, 1.54) is 0 Å². The zero-order valence-corrected chi connectivity index (χ0v) is 16.1. The zero-order valence-electron chi connectivity index (χ0n) is 14.5. The fourth-order valence-electron chi connectivity index (χ4n) is 3.70. The quantitative estimate of drug-likeness (QED) is 0.838. The van der Waals surface area contributed by atoms with E-state index >= 15 is 0 Å². The van der Waals surface area contributed by atoms with Crippen molar-refractivity contribution in [2.75, 3.05) is 18.4 Å². The maximum atomic E-state index is 12.9. The Morgan fingerprint density at radius 1 is 1.28 bits per heavy atom. The Morgan fingerprint density at radius 2 is 2.00 bits per heavy atom. The number of anilines is 1. The standard InChI is InChI=1S/C18H24ClN3O2.ClH/c1-10(2)17(23)21-12-4-5-15(19)13(7-12)18(24)22-8-11-3-6-16(20)14(11)9-22;/h4-5,7,10-11,14,16H,3,6,8-9,20H2,1-2H3,(H,21,23);1H. The van der Waals surface area contributed by atoms with Crippen LogP contribution in [-0.4, -0.2) is 35.8 Å². The lowest BCUT2D eigenvalue weighted by atomic mass is 9.98. The number of nitrogens with two attached hydrogens (primary N) is 1. The van der Waals surface area contributed by atoms with Crippen LogP contribution in [-0.2, 0) is 4.79 Å². The molecule has 3 rings (SSSR count). The minimum atomic E-state index is -0.126. The molecule has 25 heavy (non-hydrogen) atoms. The molecule has 1 aliphatic heterocycles. The molecule has 0 radical (unpaired) electrons. The van der Waals surface area contributed by atoms with E-state index in [-0.39, 0.29) is 36.2 Å². The Labute approximate surface area is 159 Å². The lowest BCUT2D eigenvalue weighted by Gasteiger charge is -2.20. The average Bonchev–Trinajstić information content (AvgIpc) is 3.11. The maximum absolute atomic E-state index is 12.9. The van der Waals surface area contributed by atoms with E-state index in [1.54, 1.807) is 18.2 Å². The van der Waals surface area contributed by atoms with E-state index in [1.807, 2.05) is 18.7 Å². The van der Waals surface area contributed by atoms with Gasteiger partial charge in [-0.15, -0.1) is 12.4 Å². The second-order valence-electron chi connectivity index (χ2n) is 7.21. The number of halogens is 2.